The van der Waals surface area contributed by atoms with E-state index in [4.69, 9.17) is 39.5 Å². The third-order valence-corrected chi connectivity index (χ3v) is 20.7. The molecule has 0 saturated carbocycles. The molecule has 36 N–H and O–H groups in total. The van der Waals surface area contributed by atoms with E-state index in [0.29, 0.717) is 24.0 Å². The van der Waals surface area contributed by atoms with E-state index in [2.05, 4.69) is 101 Å². The summed E-state index contributed by atoms with van der Waals surface area (Å²) in [5, 5.41) is 111. The summed E-state index contributed by atoms with van der Waals surface area (Å²) in [5.41, 5.74) is 28.9. The van der Waals surface area contributed by atoms with Gasteiger partial charge in [0.25, 0.3) is 0 Å². The first kappa shape index (κ1) is 118. The average molecular weight is 1920 g/mol. The molecule has 0 unspecified atom stereocenters. The van der Waals surface area contributed by atoms with Crippen LogP contribution in [0.3, 0.4) is 0 Å². The van der Waals surface area contributed by atoms with Crippen molar-refractivity contribution in [2.45, 2.75) is 262 Å². The van der Waals surface area contributed by atoms with Gasteiger partial charge in [0.2, 0.25) is 106 Å². The van der Waals surface area contributed by atoms with E-state index in [1.807, 2.05) is 0 Å². The highest BCUT2D eigenvalue weighted by atomic mass is 16.4. The number of aromatic hydroxyl groups is 1. The van der Waals surface area contributed by atoms with Crippen LogP contribution in [0.1, 0.15) is 169 Å². The van der Waals surface area contributed by atoms with Crippen LogP contribution in [0.2, 0.25) is 0 Å². The number of primary amides is 1. The van der Waals surface area contributed by atoms with Crippen molar-refractivity contribution >= 4 is 130 Å². The van der Waals surface area contributed by atoms with Crippen molar-refractivity contribution in [1.29, 1.82) is 10.8 Å². The van der Waals surface area contributed by atoms with Crippen molar-refractivity contribution in [3.63, 3.8) is 0 Å². The molecule has 2 aromatic rings. The number of carbonyl (C=O) groups excluding carboxylic acids is 18. The number of hydrogen-bond acceptors (Lipinski definition) is 27. The number of amides is 18. The summed E-state index contributed by atoms with van der Waals surface area (Å²) >= 11 is 0. The van der Waals surface area contributed by atoms with Crippen LogP contribution in [-0.2, 0) is 109 Å². The zero-order valence-corrected chi connectivity index (χ0v) is 77.7. The van der Waals surface area contributed by atoms with Crippen molar-refractivity contribution in [2.24, 2.45) is 40.5 Å². The Morgan fingerprint density at radius 3 is 1.07 bits per heavy atom. The summed E-state index contributed by atoms with van der Waals surface area (Å²) in [6.07, 6.45) is -1.95. The van der Waals surface area contributed by atoms with Gasteiger partial charge in [-0.2, -0.15) is 0 Å². The lowest BCUT2D eigenvalue weighted by Gasteiger charge is -2.28. The molecular weight excluding hydrogens is 1790 g/mol. The maximum Gasteiger partial charge on any atom is 0.326 e. The molecule has 15 atom stereocenters. The number of rotatable bonds is 66. The van der Waals surface area contributed by atoms with Crippen LogP contribution >= 0.6 is 0 Å². The first-order chi connectivity index (χ1) is 64.2. The molecule has 758 valence electrons. The number of aliphatic hydroxyl groups excluding tert-OH is 2. The van der Waals surface area contributed by atoms with Crippen molar-refractivity contribution in [3.8, 4) is 5.75 Å². The predicted octanol–water partition coefficient (Wildman–Crippen LogP) is -9.16. The highest BCUT2D eigenvalue weighted by Crippen LogP contribution is 2.16. The van der Waals surface area contributed by atoms with E-state index < -0.39 is 272 Å². The van der Waals surface area contributed by atoms with E-state index in [1.54, 1.807) is 51.1 Å². The lowest BCUT2D eigenvalue weighted by Crippen LogP contribution is -2.61. The third-order valence-electron chi connectivity index (χ3n) is 20.7. The second-order valence-corrected chi connectivity index (χ2v) is 32.9. The Labute approximate surface area is 786 Å². The van der Waals surface area contributed by atoms with Gasteiger partial charge in [-0.3, -0.25) is 102 Å². The molecule has 0 aliphatic rings. The number of carboxylic acids is 2. The number of aliphatic carboxylic acids is 2. The van der Waals surface area contributed by atoms with Crippen LogP contribution in [0.4, 0.5) is 0 Å². The summed E-state index contributed by atoms with van der Waals surface area (Å²) in [6.45, 7) is 8.47. The van der Waals surface area contributed by atoms with Gasteiger partial charge in [-0.1, -0.05) is 89.9 Å². The fraction of sp³-hybridized carbons (Fsp3) is 0.600. The first-order valence-corrected chi connectivity index (χ1v) is 44.6. The van der Waals surface area contributed by atoms with Crippen LogP contribution in [-0.4, -0.2) is 299 Å². The number of carbonyl (C=O) groups is 20. The zero-order chi connectivity index (χ0) is 102. The SMILES string of the molecule is CCCC[C@H](NC(=O)[C@H](CC(N)=O)NC(=O)[C@H](CCCNC(=N)N)NC(=O)[C@@H](NC(=O)CNC(=O)[C@H](C)NC(=O)[C@H](CCCCN)NC(=O)[C@H](C)NC(=O)[C@H](CCCNC(=N)N)NC(=O)[C@@H](NC(=O)CNC(C)=O)C(C)C)C(C)C)C(=O)N[C@@H](Cc1ccccc1)C(=O)N[C@@H](CCCCN)C(=O)N[C@@H](CO)C(=O)N[C@@H](CCC(=O)O)C(=O)N[C@@H](CO)C(=O)N[C@@H](Cc1ccc(O)cc1)C(=O)O. The highest BCUT2D eigenvalue weighted by Gasteiger charge is 2.39. The molecule has 0 fully saturated rings. The van der Waals surface area contributed by atoms with E-state index >= 15 is 0 Å². The number of hydrogen-bond donors (Lipinski definition) is 31. The van der Waals surface area contributed by atoms with Gasteiger partial charge in [-0.15, -0.1) is 0 Å². The minimum atomic E-state index is -1.97. The van der Waals surface area contributed by atoms with Crippen LogP contribution in [0.15, 0.2) is 54.6 Å². The van der Waals surface area contributed by atoms with Gasteiger partial charge in [0.1, 0.15) is 96.4 Å². The Morgan fingerprint density at radius 2 is 0.684 bits per heavy atom. The summed E-state index contributed by atoms with van der Waals surface area (Å²) in [4.78, 5) is 272. The number of guanidine groups is 2. The van der Waals surface area contributed by atoms with Crippen LogP contribution < -0.4 is 130 Å². The van der Waals surface area contributed by atoms with E-state index in [1.165, 1.54) is 58.9 Å². The number of benzene rings is 2. The number of aliphatic hydroxyl groups is 2. The number of carboxylic acid groups (broad SMARTS) is 2. The second-order valence-electron chi connectivity index (χ2n) is 32.9. The molecule has 2 rings (SSSR count). The van der Waals surface area contributed by atoms with Gasteiger partial charge in [0.15, 0.2) is 11.9 Å². The van der Waals surface area contributed by atoms with Crippen molar-refractivity contribution in [2.75, 3.05) is 52.5 Å². The van der Waals surface area contributed by atoms with Crippen molar-refractivity contribution in [1.82, 2.24) is 101 Å². The summed E-state index contributed by atoms with van der Waals surface area (Å²) < 4.78 is 0. The monoisotopic (exact) mass is 1920 g/mol. The standard InChI is InChI=1S/C85H138N26O25/c1-9-10-22-52(73(125)105-58(37-49-20-12-11-13-21-49)77(129)101-54(24-15-17-34-87)75(127)108-61(42-112)79(131)102-57(31-32-66(119)120)76(128)109-62(43-113)80(132)107-60(83(135)136)38-50-27-29-51(115)30-28-50)100-78(130)59(39-63(88)116)106-74(126)56(26-19-36-94-85(91)92)104-82(134)68(45(4)5)111-65(118)41-96-69(121)46(6)97-71(123)53(23-14-16-33-86)99-70(122)47(7)98-72(124)55(25-18-35-93-84(89)90)103-81(133)67(44(2)3)110-64(117)40-95-48(8)114/h11-13,20-21,27-30,44-47,52-62,67-68,112-113,115H,9-10,14-19,22-26,31-43,86-87H2,1-8H3,(H2,88,116)(H,95,114)(H,96,121)(H,97,123)(H,98,124)(H,99,122)(H,100,130)(H,101,129)(H,102,131)(H,103,133)(H,104,134)(H,105,125)(H,106,126)(H,107,132)(H,108,127)(H,109,128)(H,110,117)(H,111,118)(H,119,120)(H,135,136)(H4,89,90,93)(H4,91,92,94)/t46-,47-,52-,53-,54-,55-,56-,57-,58-,59-,60-,61-,62-,67-,68-/m0/s1. The van der Waals surface area contributed by atoms with Gasteiger partial charge < -0.3 is 155 Å². The molecule has 2 aromatic carbocycles. The smallest absolute Gasteiger partial charge is 0.326 e. The molecule has 51 heteroatoms. The molecule has 0 heterocycles. The largest absolute Gasteiger partial charge is 0.508 e. The molecule has 136 heavy (non-hydrogen) atoms. The maximum atomic E-state index is 14.8. The lowest BCUT2D eigenvalue weighted by atomic mass is 10.0. The molecule has 18 amide bonds. The normalized spacial score (nSPS) is 14.3. The average Bonchev–Trinajstić information content (AvgIpc) is 0.845. The van der Waals surface area contributed by atoms with E-state index in [-0.39, 0.29) is 121 Å². The molecule has 0 aliphatic carbocycles. The van der Waals surface area contributed by atoms with Crippen molar-refractivity contribution < 1.29 is 121 Å². The Kier molecular flexibility index (Phi) is 54.9. The Hall–Kier alpha value is -14.0. The Morgan fingerprint density at radius 1 is 0.353 bits per heavy atom. The van der Waals surface area contributed by atoms with Gasteiger partial charge >= 0.3 is 11.9 Å². The summed E-state index contributed by atoms with van der Waals surface area (Å²) in [5.74, 6) is -23.2. The van der Waals surface area contributed by atoms with Gasteiger partial charge in [0, 0.05) is 39.3 Å². The number of unbranched alkanes of at least 4 members (excludes halogenated alkanes) is 3. The molecular formula is C85H138N26O25. The van der Waals surface area contributed by atoms with Gasteiger partial charge in [-0.05, 0) is 139 Å². The highest BCUT2D eigenvalue weighted by molar-refractivity contribution is 6.02. The molecule has 0 saturated heterocycles. The summed E-state index contributed by atoms with van der Waals surface area (Å²) in [7, 11) is 0. The summed E-state index contributed by atoms with van der Waals surface area (Å²) in [6, 6.07) is -10.5. The minimum Gasteiger partial charge on any atom is -0.508 e. The molecule has 0 aliphatic heterocycles. The second kappa shape index (κ2) is 63.2. The quantitative estimate of drug-likeness (QED) is 0.0166. The van der Waals surface area contributed by atoms with Crippen LogP contribution in [0, 0.1) is 22.7 Å². The molecule has 0 aromatic heterocycles. The first-order valence-electron chi connectivity index (χ1n) is 44.6. The van der Waals surface area contributed by atoms with Gasteiger partial charge in [-0.25, -0.2) is 4.79 Å². The predicted molar refractivity (Wildman–Crippen MR) is 490 cm³/mol. The maximum absolute atomic E-state index is 14.8. The topological polar surface area (TPSA) is 849 Å². The van der Waals surface area contributed by atoms with E-state index in [9.17, 15) is 121 Å². The fourth-order valence-corrected chi connectivity index (χ4v) is 13.1. The van der Waals surface area contributed by atoms with Gasteiger partial charge in [0.05, 0.1) is 32.7 Å². The Bertz CT molecular complexity index is 4360. The number of nitrogens with one attached hydrogen (secondary N) is 21. The Balaban J connectivity index is 2.43. The fourth-order valence-electron chi connectivity index (χ4n) is 13.1. The lowest BCUT2D eigenvalue weighted by molar-refractivity contribution is -0.142. The molecule has 0 spiro atoms. The van der Waals surface area contributed by atoms with Crippen LogP contribution in [0.25, 0.3) is 0 Å². The molecule has 0 radical (unpaired) electrons. The number of phenolic OH excluding ortho intramolecular Hbond substituents is 1. The number of phenols is 1. The zero-order valence-electron chi connectivity index (χ0n) is 77.7. The van der Waals surface area contributed by atoms with E-state index in [0.717, 1.165) is 0 Å². The number of nitrogens with two attached hydrogens (primary N) is 5. The minimum absolute atomic E-state index is 0.0214. The molecule has 51 nitrogen and oxygen atoms in total. The molecule has 0 bridgehead atoms. The van der Waals surface area contributed by atoms with Crippen LogP contribution in [0.5, 0.6) is 5.75 Å². The third kappa shape index (κ3) is 46.6. The van der Waals surface area contributed by atoms with Crippen molar-refractivity contribution in [3.05, 3.63) is 65.7 Å².